The molecule has 0 aromatic carbocycles. The van der Waals surface area contributed by atoms with Crippen LogP contribution < -0.4 is 5.32 Å². The summed E-state index contributed by atoms with van der Waals surface area (Å²) >= 11 is 1.29. The fraction of sp³-hybridized carbons (Fsp3) is 0.615. The third-order valence-electron chi connectivity index (χ3n) is 3.11. The number of nitrogens with one attached hydrogen (secondary N) is 1. The number of hydrogen-bond donors (Lipinski definition) is 2. The number of carboxylic acids is 1. The summed E-state index contributed by atoms with van der Waals surface area (Å²) in [6, 6.07) is 0. The van der Waals surface area contributed by atoms with E-state index in [1.54, 1.807) is 6.92 Å². The fourth-order valence-corrected chi connectivity index (χ4v) is 3.16. The minimum atomic E-state index is -0.883. The number of aliphatic carboxylic acids is 1. The van der Waals surface area contributed by atoms with E-state index in [-0.39, 0.29) is 24.9 Å². The van der Waals surface area contributed by atoms with Crippen molar-refractivity contribution in [3.05, 3.63) is 15.6 Å². The molecule has 0 spiro atoms. The second-order valence-corrected chi connectivity index (χ2v) is 5.97. The Balaban J connectivity index is 1.82. The van der Waals surface area contributed by atoms with E-state index in [1.807, 2.05) is 0 Å². The molecule has 0 aliphatic carbocycles. The van der Waals surface area contributed by atoms with Crippen molar-refractivity contribution in [2.45, 2.75) is 38.7 Å². The van der Waals surface area contributed by atoms with Crippen LogP contribution in [0.3, 0.4) is 0 Å². The lowest BCUT2D eigenvalue weighted by Crippen LogP contribution is -2.32. The van der Waals surface area contributed by atoms with E-state index in [0.717, 1.165) is 19.4 Å². The first-order chi connectivity index (χ1) is 9.54. The summed E-state index contributed by atoms with van der Waals surface area (Å²) < 4.78 is 5.43. The van der Waals surface area contributed by atoms with Gasteiger partial charge in [-0.2, -0.15) is 0 Å². The maximum absolute atomic E-state index is 11.8. The number of nitrogens with zero attached hydrogens (tertiary/aromatic N) is 1. The molecule has 2 rings (SSSR count). The third-order valence-corrected chi connectivity index (χ3v) is 4.27. The number of amides is 1. The minimum absolute atomic E-state index is 0.0406. The summed E-state index contributed by atoms with van der Waals surface area (Å²) in [5.74, 6) is -0.984. The average Bonchev–Trinajstić information content (AvgIpc) is 2.97. The number of rotatable bonds is 6. The predicted octanol–water partition coefficient (Wildman–Crippen LogP) is 0.916. The number of hydrogen-bond acceptors (Lipinski definition) is 5. The van der Waals surface area contributed by atoms with Crippen LogP contribution in [0.1, 0.15) is 28.4 Å². The number of carbonyl (C=O) groups is 2. The van der Waals surface area contributed by atoms with Crippen LogP contribution in [-0.4, -0.2) is 41.2 Å². The lowest BCUT2D eigenvalue weighted by Gasteiger charge is -2.09. The van der Waals surface area contributed by atoms with E-state index in [2.05, 4.69) is 10.3 Å². The molecule has 7 heteroatoms. The number of ether oxygens (including phenoxy) is 1. The van der Waals surface area contributed by atoms with Crippen LogP contribution >= 0.6 is 11.3 Å². The van der Waals surface area contributed by atoms with Crippen LogP contribution in [-0.2, 0) is 27.2 Å². The maximum Gasteiger partial charge on any atom is 0.308 e. The molecule has 1 aliphatic rings. The van der Waals surface area contributed by atoms with Crippen molar-refractivity contribution in [3.63, 3.8) is 0 Å². The summed E-state index contributed by atoms with van der Waals surface area (Å²) in [6.45, 7) is 3.07. The molecular weight excluding hydrogens is 280 g/mol. The van der Waals surface area contributed by atoms with E-state index >= 15 is 0 Å². The molecular formula is C13H18N2O4S. The normalized spacial score (nSPS) is 18.1. The van der Waals surface area contributed by atoms with Gasteiger partial charge in [0.15, 0.2) is 0 Å². The Morgan fingerprint density at radius 1 is 1.50 bits per heavy atom. The van der Waals surface area contributed by atoms with Crippen LogP contribution in [0.2, 0.25) is 0 Å². The lowest BCUT2D eigenvalue weighted by molar-refractivity contribution is -0.136. The van der Waals surface area contributed by atoms with Crippen molar-refractivity contribution in [1.29, 1.82) is 0 Å². The molecule has 2 N–H and O–H groups in total. The second kappa shape index (κ2) is 6.81. The van der Waals surface area contributed by atoms with Gasteiger partial charge in [-0.25, -0.2) is 4.98 Å². The summed E-state index contributed by atoms with van der Waals surface area (Å²) in [4.78, 5) is 27.4. The topological polar surface area (TPSA) is 88.5 Å². The van der Waals surface area contributed by atoms with Gasteiger partial charge < -0.3 is 15.2 Å². The Morgan fingerprint density at radius 2 is 2.30 bits per heavy atom. The number of thiazole rings is 1. The molecule has 1 amide bonds. The predicted molar refractivity (Wildman–Crippen MR) is 73.9 cm³/mol. The molecule has 1 fully saturated rings. The van der Waals surface area contributed by atoms with Crippen LogP contribution in [0, 0.1) is 6.92 Å². The molecule has 1 unspecified atom stereocenters. The van der Waals surface area contributed by atoms with Gasteiger partial charge in [-0.15, -0.1) is 11.3 Å². The molecule has 110 valence electrons. The SMILES string of the molecule is Cc1nc(CC(=O)NCC2CCCO2)sc1CC(=O)O. The first-order valence-electron chi connectivity index (χ1n) is 6.60. The van der Waals surface area contributed by atoms with Gasteiger partial charge in [0.25, 0.3) is 0 Å². The van der Waals surface area contributed by atoms with Crippen LogP contribution in [0.4, 0.5) is 0 Å². The largest absolute Gasteiger partial charge is 0.481 e. The molecule has 1 aromatic heterocycles. The van der Waals surface area contributed by atoms with E-state index in [1.165, 1.54) is 11.3 Å². The zero-order valence-corrected chi connectivity index (χ0v) is 12.2. The van der Waals surface area contributed by atoms with Crippen LogP contribution in [0.5, 0.6) is 0 Å². The molecule has 0 saturated carbocycles. The summed E-state index contributed by atoms with van der Waals surface area (Å²) in [6.07, 6.45) is 2.31. The van der Waals surface area contributed by atoms with Gasteiger partial charge in [0, 0.05) is 18.0 Å². The highest BCUT2D eigenvalue weighted by atomic mass is 32.1. The van der Waals surface area contributed by atoms with E-state index in [0.29, 0.717) is 22.1 Å². The fourth-order valence-electron chi connectivity index (χ4n) is 2.10. The van der Waals surface area contributed by atoms with Gasteiger partial charge >= 0.3 is 5.97 Å². The lowest BCUT2D eigenvalue weighted by atomic mass is 10.2. The molecule has 1 atom stereocenters. The summed E-state index contributed by atoms with van der Waals surface area (Å²) in [5.41, 5.74) is 0.694. The maximum atomic E-state index is 11.8. The third kappa shape index (κ3) is 4.28. The van der Waals surface area contributed by atoms with Crippen molar-refractivity contribution in [1.82, 2.24) is 10.3 Å². The van der Waals surface area contributed by atoms with Gasteiger partial charge in [0.1, 0.15) is 5.01 Å². The van der Waals surface area contributed by atoms with Gasteiger partial charge in [-0.3, -0.25) is 9.59 Å². The molecule has 0 bridgehead atoms. The number of aromatic nitrogens is 1. The van der Waals surface area contributed by atoms with E-state index in [9.17, 15) is 9.59 Å². The molecule has 6 nitrogen and oxygen atoms in total. The first-order valence-corrected chi connectivity index (χ1v) is 7.41. The van der Waals surface area contributed by atoms with Gasteiger partial charge in [0.2, 0.25) is 5.91 Å². The van der Waals surface area contributed by atoms with E-state index in [4.69, 9.17) is 9.84 Å². The second-order valence-electron chi connectivity index (χ2n) is 4.80. The number of carbonyl (C=O) groups excluding carboxylic acids is 1. The molecule has 20 heavy (non-hydrogen) atoms. The summed E-state index contributed by atoms with van der Waals surface area (Å²) in [5, 5.41) is 12.3. The van der Waals surface area contributed by atoms with Gasteiger partial charge in [-0.1, -0.05) is 0 Å². The van der Waals surface area contributed by atoms with Crippen LogP contribution in [0.15, 0.2) is 0 Å². The highest BCUT2D eigenvalue weighted by molar-refractivity contribution is 7.11. The molecule has 1 aliphatic heterocycles. The zero-order chi connectivity index (χ0) is 14.5. The Labute approximate surface area is 121 Å². The minimum Gasteiger partial charge on any atom is -0.481 e. The number of carboxylic acid groups (broad SMARTS) is 1. The number of aryl methyl sites for hydroxylation is 1. The van der Waals surface area contributed by atoms with Crippen molar-refractivity contribution >= 4 is 23.2 Å². The van der Waals surface area contributed by atoms with E-state index < -0.39 is 5.97 Å². The molecule has 1 saturated heterocycles. The van der Waals surface area contributed by atoms with Crippen molar-refractivity contribution in [3.8, 4) is 0 Å². The van der Waals surface area contributed by atoms with Gasteiger partial charge in [0.05, 0.1) is 24.6 Å². The smallest absolute Gasteiger partial charge is 0.308 e. The monoisotopic (exact) mass is 298 g/mol. The van der Waals surface area contributed by atoms with Gasteiger partial charge in [-0.05, 0) is 19.8 Å². The standard InChI is InChI=1S/C13H18N2O4S/c1-8-10(5-13(17)18)20-12(15-8)6-11(16)14-7-9-3-2-4-19-9/h9H,2-7H2,1H3,(H,14,16)(H,17,18). The Bertz CT molecular complexity index is 495. The molecule has 1 aromatic rings. The van der Waals surface area contributed by atoms with Crippen molar-refractivity contribution in [2.75, 3.05) is 13.2 Å². The summed E-state index contributed by atoms with van der Waals surface area (Å²) in [7, 11) is 0. The Morgan fingerprint density at radius 3 is 2.95 bits per heavy atom. The quantitative estimate of drug-likeness (QED) is 0.815. The molecule has 0 radical (unpaired) electrons. The Kier molecular flexibility index (Phi) is 5.08. The van der Waals surface area contributed by atoms with Crippen molar-refractivity contribution < 1.29 is 19.4 Å². The average molecular weight is 298 g/mol. The highest BCUT2D eigenvalue weighted by Crippen LogP contribution is 2.19. The highest BCUT2D eigenvalue weighted by Gasteiger charge is 2.17. The van der Waals surface area contributed by atoms with Crippen molar-refractivity contribution in [2.24, 2.45) is 0 Å². The first kappa shape index (κ1) is 14.9. The van der Waals surface area contributed by atoms with Crippen LogP contribution in [0.25, 0.3) is 0 Å². The zero-order valence-electron chi connectivity index (χ0n) is 11.3. The Hall–Kier alpha value is -1.47. The molecule has 2 heterocycles.